The summed E-state index contributed by atoms with van der Waals surface area (Å²) >= 11 is 1.32. The van der Waals surface area contributed by atoms with E-state index in [1.165, 1.54) is 16.7 Å². The van der Waals surface area contributed by atoms with Crippen molar-refractivity contribution in [1.29, 1.82) is 0 Å². The summed E-state index contributed by atoms with van der Waals surface area (Å²) < 4.78 is 29.5. The summed E-state index contributed by atoms with van der Waals surface area (Å²) in [6, 6.07) is 15.0. The lowest BCUT2D eigenvalue weighted by Crippen LogP contribution is -2.55. The zero-order valence-corrected chi connectivity index (χ0v) is 21.6. The van der Waals surface area contributed by atoms with E-state index < -0.39 is 24.3 Å². The first-order chi connectivity index (χ1) is 17.4. The molecule has 36 heavy (non-hydrogen) atoms. The summed E-state index contributed by atoms with van der Waals surface area (Å²) in [6.45, 7) is 4.74. The van der Waals surface area contributed by atoms with Crippen molar-refractivity contribution in [2.24, 2.45) is 4.99 Å². The van der Waals surface area contributed by atoms with Crippen LogP contribution in [0.1, 0.15) is 25.0 Å². The maximum absolute atomic E-state index is 11.7. The van der Waals surface area contributed by atoms with Crippen molar-refractivity contribution in [3.63, 3.8) is 0 Å². The van der Waals surface area contributed by atoms with Crippen LogP contribution in [0.3, 0.4) is 0 Å². The lowest BCUT2D eigenvalue weighted by Gasteiger charge is -2.41. The highest BCUT2D eigenvalue weighted by atomic mass is 32.2. The van der Waals surface area contributed by atoms with Gasteiger partial charge in [-0.25, -0.2) is 4.79 Å². The molecule has 1 fully saturated rings. The number of aliphatic imine (C=N–C) groups is 1. The quantitative estimate of drug-likeness (QED) is 0.524. The zero-order valence-electron chi connectivity index (χ0n) is 20.8. The van der Waals surface area contributed by atoms with Gasteiger partial charge in [-0.1, -0.05) is 36.0 Å². The zero-order chi connectivity index (χ0) is 25.7. The Morgan fingerprint density at radius 1 is 0.972 bits per heavy atom. The van der Waals surface area contributed by atoms with Crippen molar-refractivity contribution in [2.45, 2.75) is 56.9 Å². The van der Waals surface area contributed by atoms with Crippen LogP contribution in [0.5, 0.6) is 11.5 Å². The minimum atomic E-state index is -1.04. The van der Waals surface area contributed by atoms with Crippen molar-refractivity contribution < 1.29 is 33.6 Å². The highest BCUT2D eigenvalue weighted by Crippen LogP contribution is 2.40. The number of methoxy groups -OCH3 is 2. The largest absolute Gasteiger partial charge is 0.497 e. The predicted octanol–water partition coefficient (Wildman–Crippen LogP) is 4.39. The Kier molecular flexibility index (Phi) is 8.73. The first-order valence-electron chi connectivity index (χ1n) is 11.8. The summed E-state index contributed by atoms with van der Waals surface area (Å²) in [7, 11) is 3.26. The molecule has 194 valence electrons. The first kappa shape index (κ1) is 26.3. The Bertz CT molecular complexity index is 1050. The van der Waals surface area contributed by atoms with Crippen molar-refractivity contribution in [2.75, 3.05) is 20.8 Å². The average molecular weight is 517 g/mol. The Hall–Kier alpha value is -2.79. The van der Waals surface area contributed by atoms with Gasteiger partial charge in [-0.3, -0.25) is 9.89 Å². The maximum atomic E-state index is 11.7. The Morgan fingerprint density at radius 3 is 1.97 bits per heavy atom. The molecule has 0 aliphatic carbocycles. The standard InChI is InChI=1S/C26H32N2O7S/c1-5-28(26(29)30)25-27-21-23(34-15-18-8-12-20(32-4)13-9-18)22(16(2)35-24(21)36-25)33-14-17-6-10-19(31-3)11-7-17/h6-13,16,21-24H,5,14-15H2,1-4H3,(H,29,30)/t16-,21-,22-,23-,24-/m1/s1. The van der Waals surface area contributed by atoms with E-state index in [0.29, 0.717) is 24.9 Å². The number of benzene rings is 2. The van der Waals surface area contributed by atoms with E-state index in [4.69, 9.17) is 28.7 Å². The molecule has 4 rings (SSSR count). The average Bonchev–Trinajstić information content (AvgIpc) is 3.30. The Balaban J connectivity index is 1.55. The van der Waals surface area contributed by atoms with Crippen LogP contribution < -0.4 is 9.47 Å². The van der Waals surface area contributed by atoms with Gasteiger partial charge < -0.3 is 28.8 Å². The van der Waals surface area contributed by atoms with Gasteiger partial charge in [0.05, 0.1) is 33.5 Å². The number of hydrogen-bond donors (Lipinski definition) is 1. The summed E-state index contributed by atoms with van der Waals surface area (Å²) in [6.07, 6.45) is -2.17. The Morgan fingerprint density at radius 2 is 1.50 bits per heavy atom. The number of ether oxygens (including phenoxy) is 5. The van der Waals surface area contributed by atoms with E-state index in [-0.39, 0.29) is 11.5 Å². The van der Waals surface area contributed by atoms with Crippen molar-refractivity contribution in [3.8, 4) is 11.5 Å². The molecule has 1 amide bonds. The van der Waals surface area contributed by atoms with Gasteiger partial charge in [0.2, 0.25) is 0 Å². The highest BCUT2D eigenvalue weighted by Gasteiger charge is 2.50. The van der Waals surface area contributed by atoms with Crippen LogP contribution >= 0.6 is 11.8 Å². The number of carboxylic acid groups (broad SMARTS) is 1. The summed E-state index contributed by atoms with van der Waals surface area (Å²) in [5, 5.41) is 10.0. The number of amides is 1. The fourth-order valence-electron chi connectivity index (χ4n) is 4.22. The molecule has 2 heterocycles. The minimum Gasteiger partial charge on any atom is -0.497 e. The number of amidine groups is 1. The van der Waals surface area contributed by atoms with E-state index in [9.17, 15) is 9.90 Å². The van der Waals surface area contributed by atoms with Gasteiger partial charge in [0.15, 0.2) is 5.17 Å². The van der Waals surface area contributed by atoms with E-state index in [1.807, 2.05) is 55.5 Å². The number of rotatable bonds is 9. The predicted molar refractivity (Wildman–Crippen MR) is 137 cm³/mol. The molecule has 1 N–H and O–H groups in total. The fraction of sp³-hybridized carbons (Fsp3) is 0.462. The third-order valence-electron chi connectivity index (χ3n) is 6.21. The number of fused-ring (bicyclic) bond motifs is 1. The highest BCUT2D eigenvalue weighted by molar-refractivity contribution is 8.14. The van der Waals surface area contributed by atoms with Gasteiger partial charge in [0.25, 0.3) is 0 Å². The minimum absolute atomic E-state index is 0.285. The smallest absolute Gasteiger partial charge is 0.413 e. The summed E-state index contributed by atoms with van der Waals surface area (Å²) in [4.78, 5) is 17.7. The molecule has 5 atom stereocenters. The SMILES string of the molecule is CCN(C(=O)O)C1=N[C@@H]2[C@@H](OCc3ccc(OC)cc3)[C@H](OCc3ccc(OC)cc3)[C@@H](C)O[C@@H]2S1. The molecule has 0 bridgehead atoms. The van der Waals surface area contributed by atoms with Gasteiger partial charge in [-0.15, -0.1) is 0 Å². The second-order valence-electron chi connectivity index (χ2n) is 8.50. The lowest BCUT2D eigenvalue weighted by molar-refractivity contribution is -0.192. The van der Waals surface area contributed by atoms with Crippen molar-refractivity contribution >= 4 is 23.0 Å². The summed E-state index contributed by atoms with van der Waals surface area (Å²) in [5.41, 5.74) is 1.62. The molecule has 2 aliphatic rings. The van der Waals surface area contributed by atoms with Gasteiger partial charge in [0.1, 0.15) is 35.2 Å². The van der Waals surface area contributed by atoms with E-state index in [0.717, 1.165) is 22.6 Å². The number of thioether (sulfide) groups is 1. The molecule has 0 saturated carbocycles. The number of nitrogens with zero attached hydrogens (tertiary/aromatic N) is 2. The van der Waals surface area contributed by atoms with Crippen LogP contribution in [0, 0.1) is 0 Å². The lowest BCUT2D eigenvalue weighted by atomic mass is 9.98. The van der Waals surface area contributed by atoms with Gasteiger partial charge >= 0.3 is 6.09 Å². The number of hydrogen-bond acceptors (Lipinski definition) is 8. The monoisotopic (exact) mass is 516 g/mol. The molecule has 10 heteroatoms. The van der Waals surface area contributed by atoms with Crippen LogP contribution in [-0.2, 0) is 27.4 Å². The molecule has 1 saturated heterocycles. The molecule has 0 aromatic heterocycles. The molecular weight excluding hydrogens is 484 g/mol. The molecule has 2 aromatic rings. The Labute approximate surface area is 215 Å². The van der Waals surface area contributed by atoms with E-state index in [2.05, 4.69) is 0 Å². The molecular formula is C26H32N2O7S. The first-order valence-corrected chi connectivity index (χ1v) is 12.7. The van der Waals surface area contributed by atoms with Crippen LogP contribution in [-0.4, -0.2) is 71.8 Å². The third-order valence-corrected chi connectivity index (χ3v) is 7.37. The third kappa shape index (κ3) is 5.95. The van der Waals surface area contributed by atoms with Crippen LogP contribution in [0.2, 0.25) is 0 Å². The molecule has 0 spiro atoms. The van der Waals surface area contributed by atoms with E-state index >= 15 is 0 Å². The second kappa shape index (κ2) is 12.0. The summed E-state index contributed by atoms with van der Waals surface area (Å²) in [5.74, 6) is 1.55. The second-order valence-corrected chi connectivity index (χ2v) is 9.57. The molecule has 9 nitrogen and oxygen atoms in total. The van der Waals surface area contributed by atoms with Gasteiger partial charge in [0, 0.05) is 6.54 Å². The number of carbonyl (C=O) groups is 1. The van der Waals surface area contributed by atoms with Gasteiger partial charge in [-0.05, 0) is 49.2 Å². The molecule has 2 aromatic carbocycles. The molecule has 0 unspecified atom stereocenters. The van der Waals surface area contributed by atoms with Crippen LogP contribution in [0.25, 0.3) is 0 Å². The van der Waals surface area contributed by atoms with Crippen LogP contribution in [0.4, 0.5) is 4.79 Å². The van der Waals surface area contributed by atoms with Crippen molar-refractivity contribution in [3.05, 3.63) is 59.7 Å². The van der Waals surface area contributed by atoms with Gasteiger partial charge in [-0.2, -0.15) is 0 Å². The van der Waals surface area contributed by atoms with Crippen molar-refractivity contribution in [1.82, 2.24) is 4.90 Å². The topological polar surface area (TPSA) is 99.1 Å². The van der Waals surface area contributed by atoms with Crippen LogP contribution in [0.15, 0.2) is 53.5 Å². The van der Waals surface area contributed by atoms with E-state index in [1.54, 1.807) is 21.1 Å². The molecule has 0 radical (unpaired) electrons. The normalized spacial score (nSPS) is 25.1. The molecule has 2 aliphatic heterocycles. The fourth-order valence-corrected chi connectivity index (χ4v) is 5.53. The maximum Gasteiger partial charge on any atom is 0.413 e.